The third-order valence-electron chi connectivity index (χ3n) is 5.80. The van der Waals surface area contributed by atoms with Crippen LogP contribution >= 0.6 is 0 Å². The van der Waals surface area contributed by atoms with Gasteiger partial charge >= 0.3 is 0 Å². The summed E-state index contributed by atoms with van der Waals surface area (Å²) in [6.45, 7) is 3.93. The molecule has 2 unspecified atom stereocenters. The zero-order valence-corrected chi connectivity index (χ0v) is 18.1. The van der Waals surface area contributed by atoms with E-state index in [1.54, 1.807) is 18.7 Å². The third kappa shape index (κ3) is 4.44. The van der Waals surface area contributed by atoms with Gasteiger partial charge < -0.3 is 4.57 Å². The van der Waals surface area contributed by atoms with Gasteiger partial charge in [0.05, 0.1) is 4.90 Å². The Kier molecular flexibility index (Phi) is 5.97. The van der Waals surface area contributed by atoms with E-state index in [2.05, 4.69) is 19.9 Å². The summed E-state index contributed by atoms with van der Waals surface area (Å²) < 4.78 is 31.3. The average molecular weight is 426 g/mol. The van der Waals surface area contributed by atoms with Crippen molar-refractivity contribution in [2.24, 2.45) is 0 Å². The van der Waals surface area contributed by atoms with E-state index in [4.69, 9.17) is 0 Å². The van der Waals surface area contributed by atoms with E-state index in [1.807, 2.05) is 48.9 Å². The van der Waals surface area contributed by atoms with Gasteiger partial charge in [-0.05, 0) is 68.4 Å². The molecule has 2 heterocycles. The van der Waals surface area contributed by atoms with Crippen molar-refractivity contribution in [1.29, 1.82) is 0 Å². The first-order chi connectivity index (χ1) is 14.5. The van der Waals surface area contributed by atoms with E-state index >= 15 is 0 Å². The van der Waals surface area contributed by atoms with E-state index < -0.39 is 10.0 Å². The number of sulfonamides is 1. The lowest BCUT2D eigenvalue weighted by atomic mass is 9.91. The highest BCUT2D eigenvalue weighted by Gasteiger charge is 2.28. The number of hydrogen-bond acceptors (Lipinski definition) is 5. The highest BCUT2D eigenvalue weighted by molar-refractivity contribution is 7.89. The second-order valence-corrected chi connectivity index (χ2v) is 9.59. The number of benzene rings is 1. The maximum Gasteiger partial charge on any atom is 0.241 e. The fraction of sp³-hybridized carbons (Fsp3) is 0.409. The second-order valence-electron chi connectivity index (χ2n) is 7.91. The normalized spacial score (nSPS) is 19.7. The van der Waals surface area contributed by atoms with Crippen molar-refractivity contribution in [3.63, 3.8) is 0 Å². The number of rotatable bonds is 6. The van der Waals surface area contributed by atoms with Crippen LogP contribution in [0.15, 0.2) is 54.1 Å². The molecule has 1 saturated carbocycles. The second kappa shape index (κ2) is 8.65. The van der Waals surface area contributed by atoms with Crippen molar-refractivity contribution >= 4 is 10.0 Å². The van der Waals surface area contributed by atoms with Crippen molar-refractivity contribution in [3.05, 3.63) is 60.4 Å². The van der Waals surface area contributed by atoms with Crippen molar-refractivity contribution in [3.8, 4) is 11.1 Å². The van der Waals surface area contributed by atoms with Crippen LogP contribution in [0.25, 0.3) is 11.1 Å². The molecule has 1 N–H and O–H groups in total. The first-order valence-electron chi connectivity index (χ1n) is 10.4. The maximum absolute atomic E-state index is 13.2. The molecule has 0 saturated heterocycles. The number of nitrogens with one attached hydrogen (secondary N) is 1. The van der Waals surface area contributed by atoms with E-state index in [0.29, 0.717) is 11.3 Å². The van der Waals surface area contributed by atoms with Gasteiger partial charge in [-0.1, -0.05) is 19.1 Å². The van der Waals surface area contributed by atoms with Gasteiger partial charge in [-0.25, -0.2) is 13.1 Å². The van der Waals surface area contributed by atoms with Gasteiger partial charge in [-0.2, -0.15) is 0 Å². The summed E-state index contributed by atoms with van der Waals surface area (Å²) in [5.41, 5.74) is 3.72. The fourth-order valence-electron chi connectivity index (χ4n) is 4.16. The molecule has 1 fully saturated rings. The van der Waals surface area contributed by atoms with Crippen molar-refractivity contribution in [2.75, 3.05) is 0 Å². The standard InChI is InChI=1S/C22H27N5O2S/c1-3-17-11-18(19-8-7-16(2)23-13-19)9-10-22(17)30(28,29)26-20-5-4-6-21(12-20)27-14-24-25-15-27/h7-11,13-15,20-21,26H,3-6,12H2,1-2H3. The summed E-state index contributed by atoms with van der Waals surface area (Å²) in [6.07, 6.45) is 9.43. The molecular weight excluding hydrogens is 398 g/mol. The smallest absolute Gasteiger partial charge is 0.241 e. The minimum Gasteiger partial charge on any atom is -0.317 e. The lowest BCUT2D eigenvalue weighted by molar-refractivity contribution is 0.305. The Balaban J connectivity index is 1.55. The van der Waals surface area contributed by atoms with Crippen LogP contribution in [-0.4, -0.2) is 34.2 Å². The Morgan fingerprint density at radius 1 is 1.10 bits per heavy atom. The topological polar surface area (TPSA) is 89.8 Å². The minimum atomic E-state index is -3.61. The summed E-state index contributed by atoms with van der Waals surface area (Å²) in [7, 11) is -3.61. The summed E-state index contributed by atoms with van der Waals surface area (Å²) in [4.78, 5) is 4.71. The van der Waals surface area contributed by atoms with Gasteiger partial charge in [-0.15, -0.1) is 10.2 Å². The van der Waals surface area contributed by atoms with Gasteiger partial charge in [0.2, 0.25) is 10.0 Å². The van der Waals surface area contributed by atoms with Gasteiger partial charge in [0.15, 0.2) is 0 Å². The monoisotopic (exact) mass is 425 g/mol. The first kappa shape index (κ1) is 20.7. The van der Waals surface area contributed by atoms with Crippen LogP contribution in [-0.2, 0) is 16.4 Å². The molecule has 3 aromatic rings. The summed E-state index contributed by atoms with van der Waals surface area (Å²) in [5.74, 6) is 0. The van der Waals surface area contributed by atoms with Crippen molar-refractivity contribution in [2.45, 2.75) is 62.9 Å². The van der Waals surface area contributed by atoms with Crippen LogP contribution in [0.2, 0.25) is 0 Å². The van der Waals surface area contributed by atoms with E-state index in [0.717, 1.165) is 48.1 Å². The van der Waals surface area contributed by atoms with Gasteiger partial charge in [0, 0.05) is 29.5 Å². The lowest BCUT2D eigenvalue weighted by Gasteiger charge is -2.30. The maximum atomic E-state index is 13.2. The van der Waals surface area contributed by atoms with Gasteiger partial charge in [-0.3, -0.25) is 4.98 Å². The third-order valence-corrected chi connectivity index (χ3v) is 7.42. The summed E-state index contributed by atoms with van der Waals surface area (Å²) >= 11 is 0. The summed E-state index contributed by atoms with van der Waals surface area (Å²) in [6, 6.07) is 9.64. The Bertz CT molecular complexity index is 1100. The Hall–Kier alpha value is -2.58. The van der Waals surface area contributed by atoms with Crippen molar-refractivity contribution in [1.82, 2.24) is 24.5 Å². The lowest BCUT2D eigenvalue weighted by Crippen LogP contribution is -2.39. The predicted molar refractivity (Wildman–Crippen MR) is 115 cm³/mol. The van der Waals surface area contributed by atoms with Crippen LogP contribution in [0, 0.1) is 6.92 Å². The summed E-state index contributed by atoms with van der Waals surface area (Å²) in [5, 5.41) is 7.75. The molecule has 1 aliphatic carbocycles. The molecule has 0 aliphatic heterocycles. The quantitative estimate of drug-likeness (QED) is 0.651. The molecule has 2 aromatic heterocycles. The van der Waals surface area contributed by atoms with Gasteiger partial charge in [0.25, 0.3) is 0 Å². The fourth-order valence-corrected chi connectivity index (χ4v) is 5.73. The Morgan fingerprint density at radius 3 is 2.57 bits per heavy atom. The molecule has 158 valence electrons. The number of nitrogens with zero attached hydrogens (tertiary/aromatic N) is 4. The molecule has 1 aromatic carbocycles. The number of aryl methyl sites for hydroxylation is 2. The van der Waals surface area contributed by atoms with Crippen LogP contribution in [0.5, 0.6) is 0 Å². The van der Waals surface area contributed by atoms with Crippen LogP contribution in [0.4, 0.5) is 0 Å². The molecular formula is C22H27N5O2S. The zero-order valence-electron chi connectivity index (χ0n) is 17.3. The molecule has 1 aliphatic rings. The Labute approximate surface area is 177 Å². The molecule has 30 heavy (non-hydrogen) atoms. The highest BCUT2D eigenvalue weighted by atomic mass is 32.2. The molecule has 2 atom stereocenters. The molecule has 7 nitrogen and oxygen atoms in total. The minimum absolute atomic E-state index is 0.0955. The highest BCUT2D eigenvalue weighted by Crippen LogP contribution is 2.30. The molecule has 4 rings (SSSR count). The molecule has 0 amide bonds. The Morgan fingerprint density at radius 2 is 1.87 bits per heavy atom. The number of hydrogen-bond donors (Lipinski definition) is 1. The van der Waals surface area contributed by atoms with Crippen LogP contribution < -0.4 is 4.72 Å². The number of aromatic nitrogens is 4. The molecule has 0 radical (unpaired) electrons. The van der Waals surface area contributed by atoms with E-state index in [1.165, 1.54) is 0 Å². The van der Waals surface area contributed by atoms with E-state index in [-0.39, 0.29) is 12.1 Å². The number of pyridine rings is 1. The van der Waals surface area contributed by atoms with Crippen molar-refractivity contribution < 1.29 is 8.42 Å². The largest absolute Gasteiger partial charge is 0.317 e. The first-order valence-corrected chi connectivity index (χ1v) is 11.9. The zero-order chi connectivity index (χ0) is 21.1. The predicted octanol–water partition coefficient (Wildman–Crippen LogP) is 3.67. The molecule has 8 heteroatoms. The molecule has 0 spiro atoms. The van der Waals surface area contributed by atoms with Gasteiger partial charge in [0.1, 0.15) is 12.7 Å². The SMILES string of the molecule is CCc1cc(-c2ccc(C)nc2)ccc1S(=O)(=O)NC1CCCC(n2cnnc2)C1. The molecule has 0 bridgehead atoms. The van der Waals surface area contributed by atoms with Crippen LogP contribution in [0.3, 0.4) is 0 Å². The van der Waals surface area contributed by atoms with Crippen LogP contribution in [0.1, 0.15) is 49.9 Å². The van der Waals surface area contributed by atoms with E-state index in [9.17, 15) is 8.42 Å². The average Bonchev–Trinajstić information content (AvgIpc) is 3.29.